The molecule has 0 radical (unpaired) electrons. The Bertz CT molecular complexity index is 556. The molecule has 0 aliphatic carbocycles. The second kappa shape index (κ2) is 6.65. The molecule has 7 nitrogen and oxygen atoms in total. The molecule has 1 aromatic carbocycles. The minimum Gasteiger partial charge on any atom is -0.486 e. The minimum absolute atomic E-state index is 0.129. The van der Waals surface area contributed by atoms with Crippen LogP contribution < -0.4 is 4.74 Å². The topological polar surface area (TPSA) is 90.1 Å². The molecule has 0 aliphatic rings. The maximum Gasteiger partial charge on any atom is 0.328 e. The summed E-state index contributed by atoms with van der Waals surface area (Å²) in [7, 11) is 0. The summed E-state index contributed by atoms with van der Waals surface area (Å²) in [5, 5.41) is 20.4. The van der Waals surface area contributed by atoms with Crippen LogP contribution in [-0.4, -0.2) is 31.3 Å². The van der Waals surface area contributed by atoms with Crippen LogP contribution in [0, 0.1) is 0 Å². The average Bonchev–Trinajstić information content (AvgIpc) is 2.91. The van der Waals surface area contributed by atoms with E-state index >= 15 is 0 Å². The molecule has 1 aromatic heterocycles. The Balaban J connectivity index is 2.09. The van der Waals surface area contributed by atoms with Gasteiger partial charge in [0, 0.05) is 0 Å². The van der Waals surface area contributed by atoms with Crippen molar-refractivity contribution in [3.05, 3.63) is 36.2 Å². The summed E-state index contributed by atoms with van der Waals surface area (Å²) in [6, 6.07) is 8.47. The zero-order valence-electron chi connectivity index (χ0n) is 11.1. The molecular weight excluding hydrogens is 260 g/mol. The lowest BCUT2D eigenvalue weighted by atomic mass is 10.2. The first-order valence-electron chi connectivity index (χ1n) is 6.39. The highest BCUT2D eigenvalue weighted by Crippen LogP contribution is 2.16. The fourth-order valence-corrected chi connectivity index (χ4v) is 1.84. The van der Waals surface area contributed by atoms with Crippen LogP contribution in [0.2, 0.25) is 0 Å². The van der Waals surface area contributed by atoms with Gasteiger partial charge in [0.15, 0.2) is 11.9 Å². The molecule has 2 aromatic rings. The molecular formula is C13H16N4O3. The summed E-state index contributed by atoms with van der Waals surface area (Å²) < 4.78 is 6.86. The molecule has 0 aliphatic heterocycles. The van der Waals surface area contributed by atoms with Gasteiger partial charge in [0.25, 0.3) is 0 Å². The van der Waals surface area contributed by atoms with E-state index in [4.69, 9.17) is 4.74 Å². The maximum atomic E-state index is 11.3. The lowest BCUT2D eigenvalue weighted by Gasteiger charge is -2.13. The van der Waals surface area contributed by atoms with E-state index in [1.54, 1.807) is 0 Å². The van der Waals surface area contributed by atoms with Crippen LogP contribution in [-0.2, 0) is 11.4 Å². The van der Waals surface area contributed by atoms with Gasteiger partial charge in [-0.05, 0) is 29.0 Å². The molecule has 0 bridgehead atoms. The highest BCUT2D eigenvalue weighted by molar-refractivity contribution is 5.71. The van der Waals surface area contributed by atoms with Gasteiger partial charge in [0.2, 0.25) is 0 Å². The number of para-hydroxylation sites is 1. The maximum absolute atomic E-state index is 11.3. The van der Waals surface area contributed by atoms with Crippen molar-refractivity contribution in [1.29, 1.82) is 0 Å². The molecule has 0 saturated carbocycles. The number of rotatable bonds is 7. The molecule has 0 saturated heterocycles. The quantitative estimate of drug-likeness (QED) is 0.827. The molecule has 20 heavy (non-hydrogen) atoms. The Morgan fingerprint density at radius 3 is 2.80 bits per heavy atom. The van der Waals surface area contributed by atoms with Gasteiger partial charge in [-0.25, -0.2) is 9.48 Å². The molecule has 2 rings (SSSR count). The molecule has 1 unspecified atom stereocenters. The molecule has 1 N–H and O–H groups in total. The van der Waals surface area contributed by atoms with Crippen molar-refractivity contribution in [2.75, 3.05) is 0 Å². The third-order valence-electron chi connectivity index (χ3n) is 2.81. The summed E-state index contributed by atoms with van der Waals surface area (Å²) in [6.07, 6.45) is 1.20. The standard InChI is InChI=1S/C13H16N4O3/c1-2-6-11(13(18)19)17-12(14-15-16-17)9-20-10-7-4-3-5-8-10/h3-5,7-8,11H,2,6,9H2,1H3,(H,18,19). The normalized spacial score (nSPS) is 12.1. The van der Waals surface area contributed by atoms with Gasteiger partial charge in [0.1, 0.15) is 12.4 Å². The van der Waals surface area contributed by atoms with Gasteiger partial charge in [-0.3, -0.25) is 0 Å². The van der Waals surface area contributed by atoms with Gasteiger partial charge in [-0.2, -0.15) is 0 Å². The smallest absolute Gasteiger partial charge is 0.328 e. The summed E-state index contributed by atoms with van der Waals surface area (Å²) in [4.78, 5) is 11.3. The predicted octanol–water partition coefficient (Wildman–Crippen LogP) is 1.68. The lowest BCUT2D eigenvalue weighted by Crippen LogP contribution is -2.23. The van der Waals surface area contributed by atoms with Gasteiger partial charge in [-0.15, -0.1) is 5.10 Å². The van der Waals surface area contributed by atoms with E-state index < -0.39 is 12.0 Å². The number of carboxylic acids is 1. The number of hydrogen-bond donors (Lipinski definition) is 1. The van der Waals surface area contributed by atoms with E-state index in [0.717, 1.165) is 6.42 Å². The highest BCUT2D eigenvalue weighted by Gasteiger charge is 2.23. The number of hydrogen-bond acceptors (Lipinski definition) is 5. The number of aromatic nitrogens is 4. The Hall–Kier alpha value is -2.44. The number of nitrogens with zero attached hydrogens (tertiary/aromatic N) is 4. The van der Waals surface area contributed by atoms with E-state index in [1.807, 2.05) is 37.3 Å². The van der Waals surface area contributed by atoms with Crippen molar-refractivity contribution in [1.82, 2.24) is 20.2 Å². The fraction of sp³-hybridized carbons (Fsp3) is 0.385. The number of carbonyl (C=O) groups is 1. The Morgan fingerprint density at radius 2 is 2.15 bits per heavy atom. The third kappa shape index (κ3) is 3.31. The SMILES string of the molecule is CCCC(C(=O)O)n1nnnc1COc1ccccc1. The molecule has 106 valence electrons. The van der Waals surface area contributed by atoms with Crippen molar-refractivity contribution in [3.63, 3.8) is 0 Å². The van der Waals surface area contributed by atoms with Gasteiger partial charge in [0.05, 0.1) is 0 Å². The zero-order valence-corrected chi connectivity index (χ0v) is 11.1. The van der Waals surface area contributed by atoms with E-state index in [-0.39, 0.29) is 6.61 Å². The Morgan fingerprint density at radius 1 is 1.40 bits per heavy atom. The van der Waals surface area contributed by atoms with Crippen molar-refractivity contribution in [2.45, 2.75) is 32.4 Å². The van der Waals surface area contributed by atoms with E-state index in [1.165, 1.54) is 4.68 Å². The van der Waals surface area contributed by atoms with Crippen LogP contribution in [0.3, 0.4) is 0 Å². The zero-order chi connectivity index (χ0) is 14.4. The molecule has 0 spiro atoms. The Kier molecular flexibility index (Phi) is 4.65. The van der Waals surface area contributed by atoms with Crippen LogP contribution in [0.4, 0.5) is 0 Å². The minimum atomic E-state index is -0.944. The van der Waals surface area contributed by atoms with E-state index in [2.05, 4.69) is 15.5 Å². The number of tetrazole rings is 1. The van der Waals surface area contributed by atoms with Gasteiger partial charge < -0.3 is 9.84 Å². The first-order valence-corrected chi connectivity index (χ1v) is 6.39. The van der Waals surface area contributed by atoms with Crippen LogP contribution in [0.1, 0.15) is 31.6 Å². The monoisotopic (exact) mass is 276 g/mol. The molecule has 1 atom stereocenters. The summed E-state index contributed by atoms with van der Waals surface area (Å²) in [5.74, 6) is 0.138. The van der Waals surface area contributed by atoms with Gasteiger partial charge >= 0.3 is 5.97 Å². The highest BCUT2D eigenvalue weighted by atomic mass is 16.5. The summed E-state index contributed by atoms with van der Waals surface area (Å²) in [5.41, 5.74) is 0. The number of benzene rings is 1. The number of ether oxygens (including phenoxy) is 1. The number of carboxylic acid groups (broad SMARTS) is 1. The second-order valence-corrected chi connectivity index (χ2v) is 4.28. The summed E-state index contributed by atoms with van der Waals surface area (Å²) >= 11 is 0. The van der Waals surface area contributed by atoms with Crippen LogP contribution in [0.25, 0.3) is 0 Å². The predicted molar refractivity (Wildman–Crippen MR) is 70.2 cm³/mol. The van der Waals surface area contributed by atoms with E-state index in [0.29, 0.717) is 18.0 Å². The lowest BCUT2D eigenvalue weighted by molar-refractivity contribution is -0.141. The van der Waals surface area contributed by atoms with Crippen molar-refractivity contribution in [3.8, 4) is 5.75 Å². The van der Waals surface area contributed by atoms with Gasteiger partial charge in [-0.1, -0.05) is 31.5 Å². The third-order valence-corrected chi connectivity index (χ3v) is 2.81. The van der Waals surface area contributed by atoms with Crippen molar-refractivity contribution in [2.24, 2.45) is 0 Å². The second-order valence-electron chi connectivity index (χ2n) is 4.28. The fourth-order valence-electron chi connectivity index (χ4n) is 1.84. The first-order chi connectivity index (χ1) is 9.72. The van der Waals surface area contributed by atoms with E-state index in [9.17, 15) is 9.90 Å². The van der Waals surface area contributed by atoms with Crippen LogP contribution >= 0.6 is 0 Å². The van der Waals surface area contributed by atoms with Crippen molar-refractivity contribution >= 4 is 5.97 Å². The molecule has 0 amide bonds. The average molecular weight is 276 g/mol. The first kappa shape index (κ1) is 14.0. The number of aliphatic carboxylic acids is 1. The Labute approximate surface area is 116 Å². The molecule has 0 fully saturated rings. The summed E-state index contributed by atoms with van der Waals surface area (Å²) in [6.45, 7) is 2.05. The van der Waals surface area contributed by atoms with Crippen LogP contribution in [0.15, 0.2) is 30.3 Å². The van der Waals surface area contributed by atoms with Crippen LogP contribution in [0.5, 0.6) is 5.75 Å². The molecule has 7 heteroatoms. The largest absolute Gasteiger partial charge is 0.486 e. The molecule has 1 heterocycles. The van der Waals surface area contributed by atoms with Crippen molar-refractivity contribution < 1.29 is 14.6 Å².